The summed E-state index contributed by atoms with van der Waals surface area (Å²) >= 11 is 0. The Balaban J connectivity index is 3.46. The molecule has 0 amide bonds. The molecule has 0 saturated carbocycles. The van der Waals surface area contributed by atoms with Crippen LogP contribution in [0.2, 0.25) is 0 Å². The van der Waals surface area contributed by atoms with Crippen molar-refractivity contribution in [3.8, 4) is 0 Å². The van der Waals surface area contributed by atoms with Crippen LogP contribution in [0.3, 0.4) is 0 Å². The van der Waals surface area contributed by atoms with E-state index >= 15 is 0 Å². The fourth-order valence-corrected chi connectivity index (χ4v) is 2.51. The fraction of sp³-hybridized carbons (Fsp3) is 0.167. The second-order valence-corrected chi connectivity index (χ2v) is 4.65. The first kappa shape index (κ1) is 10.2. The molecule has 0 saturated heterocycles. The van der Waals surface area contributed by atoms with Crippen LogP contribution in [-0.2, 0) is 20.4 Å². The summed E-state index contributed by atoms with van der Waals surface area (Å²) in [6, 6.07) is 0. The average molecular weight is 222 g/mol. The lowest BCUT2D eigenvalue weighted by molar-refractivity contribution is 0.492. The van der Waals surface area contributed by atoms with Crippen LogP contribution in [0.15, 0.2) is 23.1 Å². The van der Waals surface area contributed by atoms with Gasteiger partial charge in [-0.3, -0.25) is 4.55 Å². The Hall–Kier alpha value is -0.920. The highest BCUT2D eigenvalue weighted by atomic mass is 32.2. The number of hydrogen-bond donors (Lipinski definition) is 1. The summed E-state index contributed by atoms with van der Waals surface area (Å²) in [6.07, 6.45) is 3.89. The minimum atomic E-state index is -4.44. The van der Waals surface area contributed by atoms with Crippen LogP contribution in [0.5, 0.6) is 0 Å². The largest absolute Gasteiger partial charge is 0.295 e. The molecule has 72 valence electrons. The van der Waals surface area contributed by atoms with E-state index < -0.39 is 25.3 Å². The summed E-state index contributed by atoms with van der Waals surface area (Å²) in [6.45, 7) is 0. The summed E-state index contributed by atoms with van der Waals surface area (Å²) < 4.78 is 51.0. The molecule has 7 heteroatoms. The molecule has 13 heavy (non-hydrogen) atoms. The highest BCUT2D eigenvalue weighted by Gasteiger charge is 2.21. The molecule has 1 aliphatic rings. The lowest BCUT2D eigenvalue weighted by atomic mass is 10.2. The SMILES string of the molecule is O=S(=O)=C1CC=CC=C1S(=O)(=O)O. The third kappa shape index (κ3) is 2.27. The van der Waals surface area contributed by atoms with Crippen LogP contribution in [0.4, 0.5) is 0 Å². The topological polar surface area (TPSA) is 88.5 Å². The van der Waals surface area contributed by atoms with Crippen molar-refractivity contribution in [3.05, 3.63) is 23.1 Å². The van der Waals surface area contributed by atoms with Crippen molar-refractivity contribution in [1.82, 2.24) is 0 Å². The Bertz CT molecular complexity index is 495. The molecule has 0 aromatic heterocycles. The lowest BCUT2D eigenvalue weighted by Crippen LogP contribution is -2.14. The zero-order chi connectivity index (χ0) is 10.1. The molecule has 0 radical (unpaired) electrons. The summed E-state index contributed by atoms with van der Waals surface area (Å²) in [4.78, 5) is -0.867. The quantitative estimate of drug-likeness (QED) is 0.489. The van der Waals surface area contributed by atoms with Crippen molar-refractivity contribution < 1.29 is 21.4 Å². The summed E-state index contributed by atoms with van der Waals surface area (Å²) in [5.74, 6) is 0. The standard InChI is InChI=1S/C6H6O5S2/c7-12(8)5-3-1-2-4-6(5)13(9,10)11/h1-2,4H,3H2,(H,9,10,11). The minimum Gasteiger partial charge on any atom is -0.282 e. The molecule has 0 aromatic rings. The number of rotatable bonds is 1. The maximum atomic E-state index is 10.7. The fourth-order valence-electron chi connectivity index (χ4n) is 0.904. The number of hydrogen-bond acceptors (Lipinski definition) is 4. The first-order valence-corrected chi connectivity index (χ1v) is 5.74. The Morgan fingerprint density at radius 1 is 1.38 bits per heavy atom. The van der Waals surface area contributed by atoms with Gasteiger partial charge in [-0.25, -0.2) is 0 Å². The molecular formula is C6H6O5S2. The van der Waals surface area contributed by atoms with Gasteiger partial charge in [0.05, 0.1) is 4.86 Å². The highest BCUT2D eigenvalue weighted by Crippen LogP contribution is 2.13. The highest BCUT2D eigenvalue weighted by molar-refractivity contribution is 7.92. The van der Waals surface area contributed by atoms with Crippen LogP contribution in [0, 0.1) is 0 Å². The van der Waals surface area contributed by atoms with Crippen molar-refractivity contribution in [2.75, 3.05) is 0 Å². The molecule has 0 aliphatic heterocycles. The van der Waals surface area contributed by atoms with Gasteiger partial charge in [0, 0.05) is 6.42 Å². The van der Waals surface area contributed by atoms with E-state index in [2.05, 4.69) is 0 Å². The van der Waals surface area contributed by atoms with E-state index in [0.29, 0.717) is 0 Å². The predicted octanol–water partition coefficient (Wildman–Crippen LogP) is -0.230. The zero-order valence-corrected chi connectivity index (χ0v) is 7.97. The molecule has 0 spiro atoms. The van der Waals surface area contributed by atoms with E-state index in [9.17, 15) is 16.8 Å². The Labute approximate surface area is 76.7 Å². The summed E-state index contributed by atoms with van der Waals surface area (Å²) in [7, 11) is -7.06. The lowest BCUT2D eigenvalue weighted by Gasteiger charge is -2.04. The van der Waals surface area contributed by atoms with Crippen LogP contribution < -0.4 is 0 Å². The summed E-state index contributed by atoms with van der Waals surface area (Å²) in [5.41, 5.74) is 0. The molecule has 0 heterocycles. The normalized spacial score (nSPS) is 17.0. The van der Waals surface area contributed by atoms with Gasteiger partial charge >= 0.3 is 0 Å². The van der Waals surface area contributed by atoms with E-state index in [4.69, 9.17) is 4.55 Å². The van der Waals surface area contributed by atoms with Crippen LogP contribution in [-0.4, -0.2) is 26.3 Å². The van der Waals surface area contributed by atoms with Crippen LogP contribution >= 0.6 is 0 Å². The van der Waals surface area contributed by atoms with Crippen molar-refractivity contribution in [3.63, 3.8) is 0 Å². The average Bonchev–Trinajstić information content (AvgIpc) is 2.03. The monoisotopic (exact) mass is 222 g/mol. The van der Waals surface area contributed by atoms with Gasteiger partial charge in [0.25, 0.3) is 10.1 Å². The molecule has 1 aliphatic carbocycles. The van der Waals surface area contributed by atoms with Gasteiger partial charge in [0.2, 0.25) is 10.3 Å². The van der Waals surface area contributed by atoms with Crippen molar-refractivity contribution in [2.45, 2.75) is 6.42 Å². The van der Waals surface area contributed by atoms with E-state index in [1.807, 2.05) is 0 Å². The molecule has 1 N–H and O–H groups in total. The molecule has 0 unspecified atom stereocenters. The van der Waals surface area contributed by atoms with Gasteiger partial charge in [-0.15, -0.1) is 0 Å². The van der Waals surface area contributed by atoms with Gasteiger partial charge < -0.3 is 0 Å². The maximum Gasteiger partial charge on any atom is 0.295 e. The summed E-state index contributed by atoms with van der Waals surface area (Å²) in [5, 5.41) is 0. The smallest absolute Gasteiger partial charge is 0.282 e. The predicted molar refractivity (Wildman–Crippen MR) is 47.3 cm³/mol. The molecule has 0 aromatic carbocycles. The molecule has 0 fully saturated rings. The van der Waals surface area contributed by atoms with E-state index in [1.54, 1.807) is 0 Å². The third-order valence-corrected chi connectivity index (χ3v) is 3.30. The van der Waals surface area contributed by atoms with Crippen LogP contribution in [0.1, 0.15) is 6.42 Å². The first-order chi connectivity index (χ1) is 5.93. The Kier molecular flexibility index (Phi) is 2.69. The Morgan fingerprint density at radius 3 is 2.38 bits per heavy atom. The molecule has 5 nitrogen and oxygen atoms in total. The maximum absolute atomic E-state index is 10.7. The zero-order valence-electron chi connectivity index (χ0n) is 6.34. The van der Waals surface area contributed by atoms with Gasteiger partial charge in [-0.05, 0) is 6.08 Å². The second kappa shape index (κ2) is 3.44. The van der Waals surface area contributed by atoms with Crippen molar-refractivity contribution >= 4 is 25.3 Å². The molecule has 1 rings (SSSR count). The Morgan fingerprint density at radius 2 is 2.00 bits per heavy atom. The van der Waals surface area contributed by atoms with Crippen LogP contribution in [0.25, 0.3) is 0 Å². The van der Waals surface area contributed by atoms with E-state index in [1.165, 1.54) is 12.2 Å². The van der Waals surface area contributed by atoms with Crippen molar-refractivity contribution in [1.29, 1.82) is 0 Å². The minimum absolute atomic E-state index is 0.0122. The van der Waals surface area contributed by atoms with Gasteiger partial charge in [0.15, 0.2) is 0 Å². The second-order valence-electron chi connectivity index (χ2n) is 2.30. The first-order valence-electron chi connectivity index (χ1n) is 3.22. The third-order valence-electron chi connectivity index (χ3n) is 1.44. The van der Waals surface area contributed by atoms with Gasteiger partial charge in [0.1, 0.15) is 4.91 Å². The number of allylic oxidation sites excluding steroid dienone is 4. The molecule has 0 atom stereocenters. The van der Waals surface area contributed by atoms with E-state index in [-0.39, 0.29) is 11.3 Å². The van der Waals surface area contributed by atoms with Gasteiger partial charge in [-0.1, -0.05) is 12.2 Å². The van der Waals surface area contributed by atoms with Gasteiger partial charge in [-0.2, -0.15) is 16.8 Å². The molecule has 0 bridgehead atoms. The molecular weight excluding hydrogens is 216 g/mol. The van der Waals surface area contributed by atoms with Crippen molar-refractivity contribution in [2.24, 2.45) is 0 Å². The van der Waals surface area contributed by atoms with E-state index in [0.717, 1.165) is 6.08 Å².